The van der Waals surface area contributed by atoms with Gasteiger partial charge in [0, 0.05) is 25.3 Å². The average Bonchev–Trinajstić information content (AvgIpc) is 2.67. The number of ether oxygens (including phenoxy) is 1. The standard InChI is InChI=1S/C11H14N2O/c1-2-10-6-12-13(7-10)8-11-4-3-5-14-9-11/h1,6-7,11H,3-5,8-9H2/t11-/m0/s1. The van der Waals surface area contributed by atoms with Crippen molar-refractivity contribution in [2.75, 3.05) is 13.2 Å². The van der Waals surface area contributed by atoms with Gasteiger partial charge >= 0.3 is 0 Å². The van der Waals surface area contributed by atoms with Gasteiger partial charge in [-0.1, -0.05) is 5.92 Å². The fourth-order valence-corrected chi connectivity index (χ4v) is 1.75. The van der Waals surface area contributed by atoms with Gasteiger partial charge in [-0.3, -0.25) is 4.68 Å². The van der Waals surface area contributed by atoms with Crippen LogP contribution in [-0.4, -0.2) is 23.0 Å². The molecule has 1 fully saturated rings. The maximum absolute atomic E-state index is 5.41. The zero-order valence-corrected chi connectivity index (χ0v) is 8.15. The third-order valence-electron chi connectivity index (χ3n) is 2.50. The lowest BCUT2D eigenvalue weighted by Crippen LogP contribution is -2.22. The number of nitrogens with zero attached hydrogens (tertiary/aromatic N) is 2. The fourth-order valence-electron chi connectivity index (χ4n) is 1.75. The molecule has 0 N–H and O–H groups in total. The minimum absolute atomic E-state index is 0.592. The molecule has 14 heavy (non-hydrogen) atoms. The van der Waals surface area contributed by atoms with Crippen LogP contribution in [0.3, 0.4) is 0 Å². The van der Waals surface area contributed by atoms with Gasteiger partial charge in [0.05, 0.1) is 18.4 Å². The van der Waals surface area contributed by atoms with Crippen LogP contribution in [0.25, 0.3) is 0 Å². The molecule has 0 unspecified atom stereocenters. The molecule has 0 bridgehead atoms. The molecule has 3 heteroatoms. The summed E-state index contributed by atoms with van der Waals surface area (Å²) >= 11 is 0. The zero-order valence-electron chi connectivity index (χ0n) is 8.15. The fraction of sp³-hybridized carbons (Fsp3) is 0.545. The van der Waals surface area contributed by atoms with Crippen LogP contribution in [0.4, 0.5) is 0 Å². The summed E-state index contributed by atoms with van der Waals surface area (Å²) < 4.78 is 7.32. The molecule has 0 saturated carbocycles. The lowest BCUT2D eigenvalue weighted by Gasteiger charge is -2.21. The summed E-state index contributed by atoms with van der Waals surface area (Å²) in [6, 6.07) is 0. The van der Waals surface area contributed by atoms with E-state index in [1.165, 1.54) is 6.42 Å². The van der Waals surface area contributed by atoms with Crippen LogP contribution < -0.4 is 0 Å². The number of rotatable bonds is 2. The van der Waals surface area contributed by atoms with E-state index < -0.39 is 0 Å². The van der Waals surface area contributed by atoms with Crippen LogP contribution in [0.2, 0.25) is 0 Å². The molecule has 1 aliphatic rings. The lowest BCUT2D eigenvalue weighted by molar-refractivity contribution is 0.0470. The number of aromatic nitrogens is 2. The van der Waals surface area contributed by atoms with Crippen LogP contribution in [0.1, 0.15) is 18.4 Å². The monoisotopic (exact) mass is 190 g/mol. The van der Waals surface area contributed by atoms with E-state index in [9.17, 15) is 0 Å². The molecule has 74 valence electrons. The van der Waals surface area contributed by atoms with E-state index >= 15 is 0 Å². The van der Waals surface area contributed by atoms with E-state index in [0.717, 1.165) is 31.7 Å². The molecule has 1 aromatic rings. The van der Waals surface area contributed by atoms with Crippen molar-refractivity contribution >= 4 is 0 Å². The molecule has 2 heterocycles. The molecular formula is C11H14N2O. The Morgan fingerprint density at radius 1 is 1.71 bits per heavy atom. The highest BCUT2D eigenvalue weighted by Gasteiger charge is 2.14. The third kappa shape index (κ3) is 2.15. The first kappa shape index (κ1) is 9.29. The zero-order chi connectivity index (χ0) is 9.80. The number of hydrogen-bond donors (Lipinski definition) is 0. The molecule has 2 rings (SSSR count). The van der Waals surface area contributed by atoms with Gasteiger partial charge < -0.3 is 4.74 Å². The van der Waals surface area contributed by atoms with Crippen LogP contribution >= 0.6 is 0 Å². The second-order valence-electron chi connectivity index (χ2n) is 3.68. The van der Waals surface area contributed by atoms with Crippen molar-refractivity contribution in [3.8, 4) is 12.3 Å². The molecular weight excluding hydrogens is 176 g/mol. The highest BCUT2D eigenvalue weighted by molar-refractivity contribution is 5.26. The molecule has 0 aromatic carbocycles. The Kier molecular flexibility index (Phi) is 2.85. The summed E-state index contributed by atoms with van der Waals surface area (Å²) in [6.45, 7) is 2.68. The van der Waals surface area contributed by atoms with Crippen molar-refractivity contribution in [1.82, 2.24) is 9.78 Å². The Balaban J connectivity index is 1.93. The molecule has 0 radical (unpaired) electrons. The maximum atomic E-state index is 5.41. The summed E-state index contributed by atoms with van der Waals surface area (Å²) in [7, 11) is 0. The minimum atomic E-state index is 0.592. The molecule has 0 aliphatic carbocycles. The van der Waals surface area contributed by atoms with Gasteiger partial charge in [-0.15, -0.1) is 6.42 Å². The minimum Gasteiger partial charge on any atom is -0.381 e. The van der Waals surface area contributed by atoms with Gasteiger partial charge in [-0.05, 0) is 12.8 Å². The van der Waals surface area contributed by atoms with E-state index in [-0.39, 0.29) is 0 Å². The lowest BCUT2D eigenvalue weighted by atomic mass is 10.0. The second-order valence-corrected chi connectivity index (χ2v) is 3.68. The van der Waals surface area contributed by atoms with Crippen molar-refractivity contribution in [3.05, 3.63) is 18.0 Å². The average molecular weight is 190 g/mol. The summed E-state index contributed by atoms with van der Waals surface area (Å²) in [4.78, 5) is 0. The van der Waals surface area contributed by atoms with Crippen molar-refractivity contribution in [1.29, 1.82) is 0 Å². The van der Waals surface area contributed by atoms with Gasteiger partial charge in [0.2, 0.25) is 0 Å². The summed E-state index contributed by atoms with van der Waals surface area (Å²) in [5, 5.41) is 4.20. The topological polar surface area (TPSA) is 27.1 Å². The molecule has 1 atom stereocenters. The van der Waals surface area contributed by atoms with E-state index in [1.807, 2.05) is 10.9 Å². The largest absolute Gasteiger partial charge is 0.381 e. The van der Waals surface area contributed by atoms with Gasteiger partial charge in [0.15, 0.2) is 0 Å². The van der Waals surface area contributed by atoms with Crippen molar-refractivity contribution in [3.63, 3.8) is 0 Å². The van der Waals surface area contributed by atoms with Crippen molar-refractivity contribution in [2.45, 2.75) is 19.4 Å². The van der Waals surface area contributed by atoms with Crippen LogP contribution in [0.15, 0.2) is 12.4 Å². The Morgan fingerprint density at radius 2 is 2.64 bits per heavy atom. The first-order chi connectivity index (χ1) is 6.88. The van der Waals surface area contributed by atoms with E-state index in [0.29, 0.717) is 5.92 Å². The highest BCUT2D eigenvalue weighted by atomic mass is 16.5. The van der Waals surface area contributed by atoms with Gasteiger partial charge in [-0.25, -0.2) is 0 Å². The second kappa shape index (κ2) is 4.30. The maximum Gasteiger partial charge on any atom is 0.0646 e. The molecule has 1 saturated heterocycles. The quantitative estimate of drug-likeness (QED) is 0.657. The Labute approximate surface area is 84.1 Å². The third-order valence-corrected chi connectivity index (χ3v) is 2.50. The van der Waals surface area contributed by atoms with Crippen LogP contribution in [0.5, 0.6) is 0 Å². The van der Waals surface area contributed by atoms with E-state index in [1.54, 1.807) is 6.20 Å². The van der Waals surface area contributed by atoms with Crippen LogP contribution in [-0.2, 0) is 11.3 Å². The molecule has 3 nitrogen and oxygen atoms in total. The first-order valence-electron chi connectivity index (χ1n) is 4.95. The highest BCUT2D eigenvalue weighted by Crippen LogP contribution is 2.15. The molecule has 0 amide bonds. The molecule has 1 aromatic heterocycles. The van der Waals surface area contributed by atoms with E-state index in [4.69, 9.17) is 11.2 Å². The van der Waals surface area contributed by atoms with Gasteiger partial charge in [0.1, 0.15) is 0 Å². The predicted octanol–water partition coefficient (Wildman–Crippen LogP) is 1.29. The SMILES string of the molecule is C#Cc1cnn(C[C@@H]2CCCOC2)c1. The normalized spacial score (nSPS) is 21.8. The van der Waals surface area contributed by atoms with Crippen molar-refractivity contribution < 1.29 is 4.74 Å². The number of hydrogen-bond acceptors (Lipinski definition) is 2. The van der Waals surface area contributed by atoms with Gasteiger partial charge in [-0.2, -0.15) is 5.10 Å². The molecule has 1 aliphatic heterocycles. The number of terminal acetylenes is 1. The first-order valence-corrected chi connectivity index (χ1v) is 4.95. The predicted molar refractivity (Wildman–Crippen MR) is 53.7 cm³/mol. The summed E-state index contributed by atoms with van der Waals surface area (Å²) in [6.07, 6.45) is 11.3. The molecule has 0 spiro atoms. The Morgan fingerprint density at radius 3 is 3.29 bits per heavy atom. The summed E-state index contributed by atoms with van der Waals surface area (Å²) in [5.74, 6) is 3.16. The Bertz CT molecular complexity index is 331. The smallest absolute Gasteiger partial charge is 0.0646 e. The van der Waals surface area contributed by atoms with E-state index in [2.05, 4.69) is 11.0 Å². The van der Waals surface area contributed by atoms with Crippen molar-refractivity contribution in [2.24, 2.45) is 5.92 Å². The van der Waals surface area contributed by atoms with Gasteiger partial charge in [0.25, 0.3) is 0 Å². The Hall–Kier alpha value is -1.27. The summed E-state index contributed by atoms with van der Waals surface area (Å²) in [5.41, 5.74) is 0.849. The van der Waals surface area contributed by atoms with Crippen LogP contribution in [0, 0.1) is 18.3 Å².